The molecule has 2 aromatic rings. The van der Waals surface area contributed by atoms with Crippen molar-refractivity contribution < 1.29 is 0 Å². The lowest BCUT2D eigenvalue weighted by molar-refractivity contribution is 0.886. The standard InChI is InChI=1S/C15H18N4S/c1-10-8-11(2)19-15(18-10)20-13(9-14(16)17)12-6-4-3-5-7-12/h3-8,13H,9H2,1-2H3,(H3,16,17). The van der Waals surface area contributed by atoms with E-state index in [-0.39, 0.29) is 11.1 Å². The summed E-state index contributed by atoms with van der Waals surface area (Å²) in [7, 11) is 0. The molecule has 1 heterocycles. The molecule has 20 heavy (non-hydrogen) atoms. The smallest absolute Gasteiger partial charge is 0.188 e. The maximum Gasteiger partial charge on any atom is 0.188 e. The first-order chi connectivity index (χ1) is 9.54. The summed E-state index contributed by atoms with van der Waals surface area (Å²) in [5, 5.41) is 8.35. The lowest BCUT2D eigenvalue weighted by Gasteiger charge is -2.15. The van der Waals surface area contributed by atoms with Gasteiger partial charge in [-0.3, -0.25) is 5.41 Å². The van der Waals surface area contributed by atoms with Crippen LogP contribution in [0, 0.1) is 19.3 Å². The van der Waals surface area contributed by atoms with Crippen LogP contribution in [0.2, 0.25) is 0 Å². The fraction of sp³-hybridized carbons (Fsp3) is 0.267. The minimum absolute atomic E-state index is 0.0647. The van der Waals surface area contributed by atoms with Gasteiger partial charge in [0.05, 0.1) is 5.84 Å². The van der Waals surface area contributed by atoms with Crippen molar-refractivity contribution in [2.75, 3.05) is 0 Å². The van der Waals surface area contributed by atoms with E-state index in [1.807, 2.05) is 50.2 Å². The lowest BCUT2D eigenvalue weighted by Crippen LogP contribution is -2.13. The number of hydrogen-bond donors (Lipinski definition) is 2. The van der Waals surface area contributed by atoms with E-state index in [2.05, 4.69) is 9.97 Å². The number of aryl methyl sites for hydroxylation is 2. The minimum Gasteiger partial charge on any atom is -0.388 e. The fourth-order valence-corrected chi connectivity index (χ4v) is 3.17. The third-order valence-corrected chi connectivity index (χ3v) is 3.90. The van der Waals surface area contributed by atoms with Gasteiger partial charge in [-0.15, -0.1) is 0 Å². The van der Waals surface area contributed by atoms with Gasteiger partial charge in [-0.25, -0.2) is 9.97 Å². The van der Waals surface area contributed by atoms with Gasteiger partial charge in [0.1, 0.15) is 0 Å². The molecule has 0 saturated carbocycles. The summed E-state index contributed by atoms with van der Waals surface area (Å²) in [6.07, 6.45) is 0.491. The highest BCUT2D eigenvalue weighted by Crippen LogP contribution is 2.35. The Balaban J connectivity index is 2.26. The monoisotopic (exact) mass is 286 g/mol. The molecule has 104 valence electrons. The number of nitrogens with one attached hydrogen (secondary N) is 1. The molecule has 1 atom stereocenters. The Morgan fingerprint density at radius 1 is 1.20 bits per heavy atom. The molecule has 0 amide bonds. The second-order valence-corrected chi connectivity index (χ2v) is 5.85. The van der Waals surface area contributed by atoms with Crippen LogP contribution < -0.4 is 5.73 Å². The number of aromatic nitrogens is 2. The van der Waals surface area contributed by atoms with E-state index in [0.717, 1.165) is 22.1 Å². The van der Waals surface area contributed by atoms with Crippen LogP contribution in [-0.4, -0.2) is 15.8 Å². The van der Waals surface area contributed by atoms with Crippen LogP contribution in [0.4, 0.5) is 0 Å². The molecule has 5 heteroatoms. The van der Waals surface area contributed by atoms with Gasteiger partial charge in [-0.05, 0) is 25.5 Å². The molecule has 4 nitrogen and oxygen atoms in total. The molecular weight excluding hydrogens is 268 g/mol. The molecule has 0 radical (unpaired) electrons. The van der Waals surface area contributed by atoms with Gasteiger partial charge in [0.15, 0.2) is 5.16 Å². The molecule has 1 aromatic carbocycles. The van der Waals surface area contributed by atoms with Gasteiger partial charge in [0.25, 0.3) is 0 Å². The fourth-order valence-electron chi connectivity index (χ4n) is 1.97. The summed E-state index contributed by atoms with van der Waals surface area (Å²) in [6, 6.07) is 12.0. The van der Waals surface area contributed by atoms with Gasteiger partial charge < -0.3 is 5.73 Å². The van der Waals surface area contributed by atoms with Crippen LogP contribution in [0.5, 0.6) is 0 Å². The summed E-state index contributed by atoms with van der Waals surface area (Å²) in [5.74, 6) is 0.177. The Bertz CT molecular complexity index is 578. The van der Waals surface area contributed by atoms with Crippen molar-refractivity contribution >= 4 is 17.6 Å². The largest absolute Gasteiger partial charge is 0.388 e. The Morgan fingerprint density at radius 2 is 1.80 bits per heavy atom. The second kappa shape index (κ2) is 6.52. The van der Waals surface area contributed by atoms with Crippen molar-refractivity contribution in [1.82, 2.24) is 9.97 Å². The molecule has 3 N–H and O–H groups in total. The number of thioether (sulfide) groups is 1. The predicted molar refractivity (Wildman–Crippen MR) is 83.1 cm³/mol. The average molecular weight is 286 g/mol. The third-order valence-electron chi connectivity index (χ3n) is 2.79. The first-order valence-electron chi connectivity index (χ1n) is 6.41. The summed E-state index contributed by atoms with van der Waals surface area (Å²) >= 11 is 1.56. The van der Waals surface area contributed by atoms with Gasteiger partial charge >= 0.3 is 0 Å². The highest BCUT2D eigenvalue weighted by Gasteiger charge is 2.16. The first kappa shape index (κ1) is 14.5. The lowest BCUT2D eigenvalue weighted by atomic mass is 10.1. The van der Waals surface area contributed by atoms with Gasteiger partial charge in [0.2, 0.25) is 0 Å². The molecular formula is C15H18N4S. The Kier molecular flexibility index (Phi) is 4.74. The zero-order valence-corrected chi connectivity index (χ0v) is 12.4. The van der Waals surface area contributed by atoms with Gasteiger partial charge in [-0.2, -0.15) is 0 Å². The van der Waals surface area contributed by atoms with E-state index in [1.165, 1.54) is 0 Å². The molecule has 1 unspecified atom stereocenters. The Labute approximate surface area is 123 Å². The predicted octanol–water partition coefficient (Wildman–Crippen LogP) is 3.25. The number of hydrogen-bond acceptors (Lipinski definition) is 4. The van der Waals surface area contributed by atoms with Crippen molar-refractivity contribution in [3.8, 4) is 0 Å². The maximum absolute atomic E-state index is 7.55. The van der Waals surface area contributed by atoms with Crippen molar-refractivity contribution in [3.05, 3.63) is 53.3 Å². The van der Waals surface area contributed by atoms with E-state index in [0.29, 0.717) is 6.42 Å². The summed E-state index contributed by atoms with van der Waals surface area (Å²) in [6.45, 7) is 3.92. The second-order valence-electron chi connectivity index (χ2n) is 4.68. The van der Waals surface area contributed by atoms with E-state index in [1.54, 1.807) is 11.8 Å². The zero-order valence-electron chi connectivity index (χ0n) is 11.6. The van der Waals surface area contributed by atoms with Crippen LogP contribution in [-0.2, 0) is 0 Å². The topological polar surface area (TPSA) is 75.7 Å². The summed E-state index contributed by atoms with van der Waals surface area (Å²) < 4.78 is 0. The van der Waals surface area contributed by atoms with Gasteiger partial charge in [0, 0.05) is 23.1 Å². The average Bonchev–Trinajstić information content (AvgIpc) is 2.37. The third kappa shape index (κ3) is 4.06. The van der Waals surface area contributed by atoms with Crippen molar-refractivity contribution in [2.45, 2.75) is 30.7 Å². The van der Waals surface area contributed by atoms with E-state index < -0.39 is 0 Å². The van der Waals surface area contributed by atoms with Crippen LogP contribution in [0.1, 0.15) is 28.6 Å². The SMILES string of the molecule is Cc1cc(C)nc(SC(CC(=N)N)c2ccccc2)n1. The Morgan fingerprint density at radius 3 is 2.35 bits per heavy atom. The van der Waals surface area contributed by atoms with Crippen molar-refractivity contribution in [3.63, 3.8) is 0 Å². The molecule has 0 spiro atoms. The number of rotatable bonds is 5. The molecule has 0 aliphatic carbocycles. The quantitative estimate of drug-likeness (QED) is 0.383. The number of amidine groups is 1. The highest BCUT2D eigenvalue weighted by atomic mass is 32.2. The molecule has 2 rings (SSSR count). The highest BCUT2D eigenvalue weighted by molar-refractivity contribution is 7.99. The minimum atomic E-state index is 0.0647. The molecule has 0 fully saturated rings. The van der Waals surface area contributed by atoms with Crippen molar-refractivity contribution in [1.29, 1.82) is 5.41 Å². The van der Waals surface area contributed by atoms with E-state index in [9.17, 15) is 0 Å². The normalized spacial score (nSPS) is 12.1. The van der Waals surface area contributed by atoms with E-state index in [4.69, 9.17) is 11.1 Å². The molecule has 0 aliphatic rings. The number of benzene rings is 1. The molecule has 1 aromatic heterocycles. The zero-order chi connectivity index (χ0) is 14.5. The van der Waals surface area contributed by atoms with Crippen LogP contribution in [0.15, 0.2) is 41.6 Å². The number of nitrogens with two attached hydrogens (primary N) is 1. The molecule has 0 aliphatic heterocycles. The number of nitrogens with zero attached hydrogens (tertiary/aromatic N) is 2. The van der Waals surface area contributed by atoms with Gasteiger partial charge in [-0.1, -0.05) is 42.1 Å². The van der Waals surface area contributed by atoms with Crippen LogP contribution in [0.3, 0.4) is 0 Å². The van der Waals surface area contributed by atoms with Crippen LogP contribution in [0.25, 0.3) is 0 Å². The van der Waals surface area contributed by atoms with Crippen molar-refractivity contribution in [2.24, 2.45) is 5.73 Å². The Hall–Kier alpha value is -1.88. The first-order valence-corrected chi connectivity index (χ1v) is 7.29. The maximum atomic E-state index is 7.55. The van der Waals surface area contributed by atoms with Crippen LogP contribution >= 0.6 is 11.8 Å². The molecule has 0 saturated heterocycles. The summed E-state index contributed by atoms with van der Waals surface area (Å²) in [4.78, 5) is 8.89. The molecule has 0 bridgehead atoms. The summed E-state index contributed by atoms with van der Waals surface area (Å²) in [5.41, 5.74) is 8.61. The van der Waals surface area contributed by atoms with E-state index >= 15 is 0 Å².